The summed E-state index contributed by atoms with van der Waals surface area (Å²) in [5.41, 5.74) is 9.93. The summed E-state index contributed by atoms with van der Waals surface area (Å²) in [4.78, 5) is 27.7. The molecular formula is C30H31N3O4. The van der Waals surface area contributed by atoms with Crippen molar-refractivity contribution in [2.45, 2.75) is 53.0 Å². The monoisotopic (exact) mass is 497 g/mol. The highest BCUT2D eigenvalue weighted by Crippen LogP contribution is 2.31. The van der Waals surface area contributed by atoms with Gasteiger partial charge in [-0.25, -0.2) is 5.43 Å². The first-order valence-electron chi connectivity index (χ1n) is 12.6. The maximum atomic E-state index is 13.2. The summed E-state index contributed by atoms with van der Waals surface area (Å²) in [6.07, 6.45) is 4.09. The molecule has 7 heteroatoms. The topological polar surface area (TPSA) is 88.0 Å². The molecule has 0 radical (unpaired) electrons. The first-order valence-corrected chi connectivity index (χ1v) is 12.6. The van der Waals surface area contributed by atoms with Crippen molar-refractivity contribution in [2.24, 2.45) is 5.10 Å². The zero-order valence-corrected chi connectivity index (χ0v) is 21.7. The van der Waals surface area contributed by atoms with Gasteiger partial charge in [-0.05, 0) is 56.4 Å². The zero-order chi connectivity index (χ0) is 26.1. The van der Waals surface area contributed by atoms with Crippen molar-refractivity contribution >= 4 is 28.5 Å². The van der Waals surface area contributed by atoms with Crippen molar-refractivity contribution in [2.75, 3.05) is 7.05 Å². The number of aryl methyl sites for hydroxylation is 3. The van der Waals surface area contributed by atoms with Crippen LogP contribution in [0.15, 0.2) is 62.7 Å². The summed E-state index contributed by atoms with van der Waals surface area (Å²) in [6.45, 7) is 6.42. The molecule has 190 valence electrons. The van der Waals surface area contributed by atoms with E-state index < -0.39 is 0 Å². The largest absolute Gasteiger partial charge is 0.464 e. The van der Waals surface area contributed by atoms with Gasteiger partial charge in [0.2, 0.25) is 5.91 Å². The van der Waals surface area contributed by atoms with Crippen LogP contribution < -0.4 is 5.43 Å². The first kappa shape index (κ1) is 24.6. The minimum absolute atomic E-state index is 0.166. The molecule has 37 heavy (non-hydrogen) atoms. The van der Waals surface area contributed by atoms with Crippen LogP contribution in [0.4, 0.5) is 0 Å². The fraction of sp³-hybridized carbons (Fsp3) is 0.300. The molecule has 0 saturated heterocycles. The first-order chi connectivity index (χ1) is 17.8. The molecule has 1 aliphatic rings. The number of rotatable bonds is 6. The summed E-state index contributed by atoms with van der Waals surface area (Å²) < 4.78 is 11.7. The number of fused-ring (bicyclic) bond motifs is 2. The van der Waals surface area contributed by atoms with Gasteiger partial charge in [-0.1, -0.05) is 36.4 Å². The van der Waals surface area contributed by atoms with Crippen molar-refractivity contribution in [3.8, 4) is 0 Å². The van der Waals surface area contributed by atoms with Crippen LogP contribution >= 0.6 is 0 Å². The van der Waals surface area contributed by atoms with Crippen LogP contribution in [0.25, 0.3) is 11.0 Å². The second-order valence-electron chi connectivity index (χ2n) is 9.84. The van der Waals surface area contributed by atoms with E-state index in [0.29, 0.717) is 18.7 Å². The highest BCUT2D eigenvalue weighted by molar-refractivity contribution is 6.06. The van der Waals surface area contributed by atoms with Gasteiger partial charge in [-0.3, -0.25) is 9.59 Å². The third kappa shape index (κ3) is 4.94. The van der Waals surface area contributed by atoms with Crippen LogP contribution in [0.5, 0.6) is 0 Å². The normalized spacial score (nSPS) is 14.1. The number of hydrazone groups is 1. The lowest BCUT2D eigenvalue weighted by molar-refractivity contribution is -0.120. The molecule has 2 heterocycles. The van der Waals surface area contributed by atoms with Gasteiger partial charge in [0.1, 0.15) is 11.3 Å². The van der Waals surface area contributed by atoms with Crippen molar-refractivity contribution in [1.29, 1.82) is 0 Å². The number of carbonyl (C=O) groups is 2. The summed E-state index contributed by atoms with van der Waals surface area (Å²) in [5.74, 6) is 0.693. The Hall–Kier alpha value is -4.13. The van der Waals surface area contributed by atoms with Gasteiger partial charge in [0, 0.05) is 42.1 Å². The van der Waals surface area contributed by atoms with Gasteiger partial charge in [0.15, 0.2) is 5.76 Å². The molecular weight excluding hydrogens is 466 g/mol. The number of hydrogen-bond donors (Lipinski definition) is 1. The second-order valence-corrected chi connectivity index (χ2v) is 9.84. The predicted molar refractivity (Wildman–Crippen MR) is 143 cm³/mol. The fourth-order valence-electron chi connectivity index (χ4n) is 5.19. The molecule has 2 aromatic carbocycles. The lowest BCUT2D eigenvalue weighted by atomic mass is 9.93. The standard InChI is InChI=1S/C30H31N3O4/c1-18-13-19(2)27-22(17-36-25(27)14-18)15-26(34)32-31-23-11-8-12-24-28(23)20(3)29(37-24)30(35)33(4)16-21-9-6-5-7-10-21/h5-7,9-10,13-14,17H,8,11-12,15-16H2,1-4H3,(H,32,34)/b31-23+. The Bertz CT molecular complexity index is 1510. The van der Waals surface area contributed by atoms with Crippen molar-refractivity contribution in [1.82, 2.24) is 10.3 Å². The number of amides is 2. The van der Waals surface area contributed by atoms with Crippen LogP contribution in [0.1, 0.15) is 62.5 Å². The number of nitrogens with one attached hydrogen (secondary N) is 1. The van der Waals surface area contributed by atoms with Gasteiger partial charge < -0.3 is 13.7 Å². The molecule has 0 saturated carbocycles. The Labute approximate surface area is 216 Å². The number of nitrogens with zero attached hydrogens (tertiary/aromatic N) is 2. The number of hydrogen-bond acceptors (Lipinski definition) is 5. The average molecular weight is 498 g/mol. The molecule has 1 aliphatic carbocycles. The molecule has 0 aliphatic heterocycles. The lowest BCUT2D eigenvalue weighted by Crippen LogP contribution is -2.26. The van der Waals surface area contributed by atoms with E-state index >= 15 is 0 Å². The SMILES string of the molecule is Cc1cc(C)c2c(CC(=O)N/N=C3\CCCc4oc(C(=O)N(C)Cc5ccccc5)c(C)c43)coc2c1. The summed E-state index contributed by atoms with van der Waals surface area (Å²) in [5, 5.41) is 5.44. The van der Waals surface area contributed by atoms with Crippen LogP contribution in [-0.2, 0) is 24.2 Å². The maximum Gasteiger partial charge on any atom is 0.289 e. The van der Waals surface area contributed by atoms with Gasteiger partial charge in [-0.2, -0.15) is 5.10 Å². The minimum atomic E-state index is -0.220. The molecule has 2 aromatic heterocycles. The predicted octanol–water partition coefficient (Wildman–Crippen LogP) is 5.62. The highest BCUT2D eigenvalue weighted by atomic mass is 16.4. The van der Waals surface area contributed by atoms with Gasteiger partial charge >= 0.3 is 0 Å². The van der Waals surface area contributed by atoms with E-state index in [0.717, 1.165) is 68.7 Å². The third-order valence-corrected chi connectivity index (χ3v) is 6.89. The molecule has 0 atom stereocenters. The van der Waals surface area contributed by atoms with Crippen LogP contribution in [0.2, 0.25) is 0 Å². The molecule has 7 nitrogen and oxygen atoms in total. The summed E-state index contributed by atoms with van der Waals surface area (Å²) in [6, 6.07) is 13.9. The Kier molecular flexibility index (Phi) is 6.70. The van der Waals surface area contributed by atoms with Crippen LogP contribution in [0, 0.1) is 20.8 Å². The van der Waals surface area contributed by atoms with Crippen LogP contribution in [-0.4, -0.2) is 29.5 Å². The Balaban J connectivity index is 1.32. The molecule has 5 rings (SSSR count). The number of benzene rings is 2. The average Bonchev–Trinajstić information content (AvgIpc) is 3.43. The molecule has 0 spiro atoms. The Morgan fingerprint density at radius 2 is 1.86 bits per heavy atom. The van der Waals surface area contributed by atoms with Gasteiger partial charge in [0.05, 0.1) is 18.4 Å². The smallest absolute Gasteiger partial charge is 0.289 e. The summed E-state index contributed by atoms with van der Waals surface area (Å²) in [7, 11) is 1.77. The molecule has 0 unspecified atom stereocenters. The molecule has 4 aromatic rings. The van der Waals surface area contributed by atoms with E-state index in [1.54, 1.807) is 18.2 Å². The van der Waals surface area contributed by atoms with Crippen molar-refractivity contribution in [3.63, 3.8) is 0 Å². The van der Waals surface area contributed by atoms with E-state index in [-0.39, 0.29) is 18.2 Å². The fourth-order valence-corrected chi connectivity index (χ4v) is 5.19. The van der Waals surface area contributed by atoms with E-state index in [4.69, 9.17) is 8.83 Å². The second kappa shape index (κ2) is 10.1. The summed E-state index contributed by atoms with van der Waals surface area (Å²) >= 11 is 0. The quantitative estimate of drug-likeness (QED) is 0.350. The maximum absolute atomic E-state index is 13.2. The van der Waals surface area contributed by atoms with Gasteiger partial charge in [0.25, 0.3) is 5.91 Å². The van der Waals surface area contributed by atoms with E-state index in [2.05, 4.69) is 16.6 Å². The molecule has 2 amide bonds. The van der Waals surface area contributed by atoms with E-state index in [1.165, 1.54) is 0 Å². The third-order valence-electron chi connectivity index (χ3n) is 6.89. The molecule has 0 bridgehead atoms. The van der Waals surface area contributed by atoms with E-state index in [1.807, 2.05) is 57.2 Å². The minimum Gasteiger partial charge on any atom is -0.464 e. The molecule has 1 N–H and O–H groups in total. The number of furan rings is 2. The highest BCUT2D eigenvalue weighted by Gasteiger charge is 2.29. The lowest BCUT2D eigenvalue weighted by Gasteiger charge is -2.16. The Morgan fingerprint density at radius 3 is 2.65 bits per heavy atom. The van der Waals surface area contributed by atoms with Crippen molar-refractivity contribution in [3.05, 3.63) is 93.6 Å². The van der Waals surface area contributed by atoms with Crippen molar-refractivity contribution < 1.29 is 18.4 Å². The number of carbonyl (C=O) groups excluding carboxylic acids is 2. The molecule has 0 fully saturated rings. The van der Waals surface area contributed by atoms with E-state index in [9.17, 15) is 9.59 Å². The van der Waals surface area contributed by atoms with Crippen LogP contribution in [0.3, 0.4) is 0 Å². The van der Waals surface area contributed by atoms with Gasteiger partial charge in [-0.15, -0.1) is 0 Å². The zero-order valence-electron chi connectivity index (χ0n) is 21.7. The Morgan fingerprint density at radius 1 is 1.08 bits per heavy atom.